The number of carbonyl (C=O) groups excluding carboxylic acids is 1. The van der Waals surface area contributed by atoms with Crippen molar-refractivity contribution in [3.63, 3.8) is 0 Å². The molecule has 4 aromatic rings. The van der Waals surface area contributed by atoms with Crippen LogP contribution in [0.25, 0.3) is 0 Å². The van der Waals surface area contributed by atoms with Gasteiger partial charge in [0.25, 0.3) is 5.91 Å². The Balaban J connectivity index is 1.36. The van der Waals surface area contributed by atoms with Gasteiger partial charge in [-0.25, -0.2) is 8.42 Å². The van der Waals surface area contributed by atoms with Gasteiger partial charge in [-0.2, -0.15) is 4.31 Å². The molecule has 0 saturated heterocycles. The van der Waals surface area contributed by atoms with E-state index < -0.39 is 15.9 Å². The van der Waals surface area contributed by atoms with Crippen LogP contribution in [0.2, 0.25) is 0 Å². The topological polar surface area (TPSA) is 88.9 Å². The van der Waals surface area contributed by atoms with Crippen molar-refractivity contribution in [2.24, 2.45) is 0 Å². The van der Waals surface area contributed by atoms with Crippen LogP contribution in [0.15, 0.2) is 106 Å². The molecule has 0 aliphatic rings. The number of nitrogens with one attached hydrogen (secondary N) is 1. The van der Waals surface area contributed by atoms with Crippen molar-refractivity contribution >= 4 is 21.6 Å². The average molecular weight is 477 g/mol. The third-order valence-corrected chi connectivity index (χ3v) is 6.90. The normalized spacial score (nSPS) is 11.4. The first-order valence-electron chi connectivity index (χ1n) is 10.6. The fourth-order valence-electron chi connectivity index (χ4n) is 3.26. The number of amides is 1. The third kappa shape index (κ3) is 5.72. The largest absolute Gasteiger partial charge is 0.486 e. The number of rotatable bonds is 9. The molecule has 0 bridgehead atoms. The van der Waals surface area contributed by atoms with E-state index in [-0.39, 0.29) is 23.8 Å². The monoisotopic (exact) mass is 476 g/mol. The van der Waals surface area contributed by atoms with Gasteiger partial charge in [0.05, 0.1) is 4.90 Å². The molecule has 0 aliphatic heterocycles. The first kappa shape index (κ1) is 23.3. The van der Waals surface area contributed by atoms with Crippen molar-refractivity contribution in [1.82, 2.24) is 4.31 Å². The second-order valence-electron chi connectivity index (χ2n) is 7.59. The molecule has 174 valence electrons. The zero-order valence-corrected chi connectivity index (χ0v) is 19.4. The Morgan fingerprint density at radius 1 is 0.882 bits per heavy atom. The maximum atomic E-state index is 12.9. The minimum atomic E-state index is -3.67. The Labute approximate surface area is 198 Å². The van der Waals surface area contributed by atoms with Gasteiger partial charge in [0.15, 0.2) is 5.76 Å². The molecule has 1 heterocycles. The number of sulfonamides is 1. The molecule has 0 aliphatic carbocycles. The summed E-state index contributed by atoms with van der Waals surface area (Å²) in [7, 11) is -2.14. The minimum absolute atomic E-state index is 0.131. The van der Waals surface area contributed by atoms with Crippen molar-refractivity contribution in [1.29, 1.82) is 0 Å². The first-order chi connectivity index (χ1) is 16.4. The number of anilines is 1. The fraction of sp³-hybridized carbons (Fsp3) is 0.115. The predicted molar refractivity (Wildman–Crippen MR) is 129 cm³/mol. The zero-order valence-electron chi connectivity index (χ0n) is 18.5. The summed E-state index contributed by atoms with van der Waals surface area (Å²) < 4.78 is 38.2. The number of para-hydroxylation sites is 1. The van der Waals surface area contributed by atoms with Crippen molar-refractivity contribution in [2.45, 2.75) is 18.0 Å². The van der Waals surface area contributed by atoms with E-state index in [4.69, 9.17) is 9.15 Å². The van der Waals surface area contributed by atoms with E-state index in [0.717, 1.165) is 5.56 Å². The van der Waals surface area contributed by atoms with Crippen LogP contribution in [0.5, 0.6) is 5.75 Å². The van der Waals surface area contributed by atoms with Crippen LogP contribution >= 0.6 is 0 Å². The average Bonchev–Trinajstić information content (AvgIpc) is 3.34. The Morgan fingerprint density at radius 2 is 1.53 bits per heavy atom. The number of carbonyl (C=O) groups is 1. The molecule has 0 radical (unpaired) electrons. The minimum Gasteiger partial charge on any atom is -0.486 e. The number of hydrogen-bond donors (Lipinski definition) is 1. The Kier molecular flexibility index (Phi) is 7.10. The van der Waals surface area contributed by atoms with Gasteiger partial charge in [-0.15, -0.1) is 0 Å². The maximum Gasteiger partial charge on any atom is 0.291 e. The first-order valence-corrected chi connectivity index (χ1v) is 12.0. The Morgan fingerprint density at radius 3 is 2.21 bits per heavy atom. The maximum absolute atomic E-state index is 12.9. The SMILES string of the molecule is CN(Cc1ccccc1)S(=O)(=O)c1ccc(NC(=O)c2ccc(COc3ccccc3)o2)cc1. The van der Waals surface area contributed by atoms with Crippen molar-refractivity contribution in [3.05, 3.63) is 114 Å². The standard InChI is InChI=1S/C26H24N2O5S/c1-28(18-20-8-4-2-5-9-20)34(30,31)24-15-12-21(13-16-24)27-26(29)25-17-14-23(33-25)19-32-22-10-6-3-7-11-22/h2-17H,18-19H2,1H3,(H,27,29). The van der Waals surface area contributed by atoms with Crippen LogP contribution in [-0.2, 0) is 23.2 Å². The zero-order chi connectivity index (χ0) is 24.0. The highest BCUT2D eigenvalue weighted by Crippen LogP contribution is 2.20. The van der Waals surface area contributed by atoms with E-state index >= 15 is 0 Å². The summed E-state index contributed by atoms with van der Waals surface area (Å²) in [6, 6.07) is 27.9. The highest BCUT2D eigenvalue weighted by Gasteiger charge is 2.21. The number of nitrogens with zero attached hydrogens (tertiary/aromatic N) is 1. The van der Waals surface area contributed by atoms with Crippen LogP contribution in [0, 0.1) is 0 Å². The summed E-state index contributed by atoms with van der Waals surface area (Å²) in [6.45, 7) is 0.455. The van der Waals surface area contributed by atoms with Gasteiger partial charge in [0, 0.05) is 19.3 Å². The lowest BCUT2D eigenvalue weighted by atomic mass is 10.2. The summed E-state index contributed by atoms with van der Waals surface area (Å²) in [6.07, 6.45) is 0. The van der Waals surface area contributed by atoms with Crippen LogP contribution in [0.3, 0.4) is 0 Å². The molecular weight excluding hydrogens is 452 g/mol. The number of furan rings is 1. The van der Waals surface area contributed by atoms with Gasteiger partial charge >= 0.3 is 0 Å². The highest BCUT2D eigenvalue weighted by atomic mass is 32.2. The summed E-state index contributed by atoms with van der Waals surface area (Å²) in [5.41, 5.74) is 1.34. The predicted octanol–water partition coefficient (Wildman–Crippen LogP) is 4.93. The van der Waals surface area contributed by atoms with Crippen molar-refractivity contribution in [2.75, 3.05) is 12.4 Å². The smallest absolute Gasteiger partial charge is 0.291 e. The highest BCUT2D eigenvalue weighted by molar-refractivity contribution is 7.89. The van der Waals surface area contributed by atoms with E-state index in [1.54, 1.807) is 24.3 Å². The molecule has 0 atom stereocenters. The summed E-state index contributed by atoms with van der Waals surface area (Å²) in [5.74, 6) is 0.903. The molecule has 0 fully saturated rings. The quantitative estimate of drug-likeness (QED) is 0.370. The number of hydrogen-bond acceptors (Lipinski definition) is 5. The third-order valence-electron chi connectivity index (χ3n) is 5.08. The van der Waals surface area contributed by atoms with Gasteiger partial charge in [-0.05, 0) is 54.1 Å². The second-order valence-corrected chi connectivity index (χ2v) is 9.64. The molecule has 7 nitrogen and oxygen atoms in total. The molecule has 3 aromatic carbocycles. The van der Waals surface area contributed by atoms with E-state index in [0.29, 0.717) is 17.2 Å². The van der Waals surface area contributed by atoms with Gasteiger partial charge in [-0.3, -0.25) is 4.79 Å². The van der Waals surface area contributed by atoms with Crippen LogP contribution in [0.4, 0.5) is 5.69 Å². The van der Waals surface area contributed by atoms with E-state index in [2.05, 4.69) is 5.32 Å². The molecule has 34 heavy (non-hydrogen) atoms. The molecule has 4 rings (SSSR count). The molecule has 1 amide bonds. The molecule has 0 saturated carbocycles. The summed E-state index contributed by atoms with van der Waals surface area (Å²) in [4.78, 5) is 12.7. The molecular formula is C26H24N2O5S. The lowest BCUT2D eigenvalue weighted by Crippen LogP contribution is -2.26. The fourth-order valence-corrected chi connectivity index (χ4v) is 4.42. The van der Waals surface area contributed by atoms with Crippen molar-refractivity contribution in [3.8, 4) is 5.75 Å². The lowest BCUT2D eigenvalue weighted by molar-refractivity contribution is 0.0992. The summed E-state index contributed by atoms with van der Waals surface area (Å²) in [5, 5.41) is 2.71. The van der Waals surface area contributed by atoms with Crippen molar-refractivity contribution < 1.29 is 22.4 Å². The lowest BCUT2D eigenvalue weighted by Gasteiger charge is -2.17. The molecule has 8 heteroatoms. The second kappa shape index (κ2) is 10.4. The summed E-state index contributed by atoms with van der Waals surface area (Å²) >= 11 is 0. The van der Waals surface area contributed by atoms with Crippen LogP contribution in [-0.4, -0.2) is 25.7 Å². The van der Waals surface area contributed by atoms with Gasteiger partial charge in [0.1, 0.15) is 18.1 Å². The Bertz CT molecular complexity index is 1330. The van der Waals surface area contributed by atoms with E-state index in [1.807, 2.05) is 60.7 Å². The Hall–Kier alpha value is -3.88. The molecule has 0 unspecified atom stereocenters. The number of ether oxygens (including phenoxy) is 1. The van der Waals surface area contributed by atoms with Gasteiger partial charge in [-0.1, -0.05) is 48.5 Å². The molecule has 1 N–H and O–H groups in total. The van der Waals surface area contributed by atoms with Gasteiger partial charge in [0.2, 0.25) is 10.0 Å². The molecule has 1 aromatic heterocycles. The van der Waals surface area contributed by atoms with Crippen LogP contribution < -0.4 is 10.1 Å². The van der Waals surface area contributed by atoms with Gasteiger partial charge < -0.3 is 14.5 Å². The van der Waals surface area contributed by atoms with E-state index in [9.17, 15) is 13.2 Å². The van der Waals surface area contributed by atoms with E-state index in [1.165, 1.54) is 23.5 Å². The molecule has 0 spiro atoms. The number of benzene rings is 3. The van der Waals surface area contributed by atoms with Crippen LogP contribution in [0.1, 0.15) is 21.9 Å².